The third-order valence-electron chi connectivity index (χ3n) is 2.14. The van der Waals surface area contributed by atoms with E-state index in [1.165, 1.54) is 7.11 Å². The SMILES string of the molecule is COc1ccc(CC#N)c(C)c1C#N. The summed E-state index contributed by atoms with van der Waals surface area (Å²) in [6, 6.07) is 7.68. The predicted octanol–water partition coefficient (Wildman–Crippen LogP) is 1.94. The van der Waals surface area contributed by atoms with Crippen LogP contribution in [0.5, 0.6) is 5.75 Å². The summed E-state index contributed by atoms with van der Waals surface area (Å²) >= 11 is 0. The first-order valence-corrected chi connectivity index (χ1v) is 4.18. The van der Waals surface area contributed by atoms with Crippen LogP contribution >= 0.6 is 0 Å². The number of nitriles is 2. The van der Waals surface area contributed by atoms with Crippen LogP contribution in [0.25, 0.3) is 0 Å². The van der Waals surface area contributed by atoms with Gasteiger partial charge in [-0.25, -0.2) is 0 Å². The van der Waals surface area contributed by atoms with Crippen LogP contribution in [0.15, 0.2) is 12.1 Å². The molecule has 0 fully saturated rings. The van der Waals surface area contributed by atoms with Gasteiger partial charge in [-0.2, -0.15) is 10.5 Å². The lowest BCUT2D eigenvalue weighted by Gasteiger charge is -2.08. The minimum atomic E-state index is 0.324. The quantitative estimate of drug-likeness (QED) is 0.709. The molecule has 1 rings (SSSR count). The first kappa shape index (κ1) is 10.1. The number of benzene rings is 1. The molecule has 1 aromatic rings. The van der Waals surface area contributed by atoms with Crippen LogP contribution < -0.4 is 4.74 Å². The van der Waals surface area contributed by atoms with Gasteiger partial charge in [-0.3, -0.25) is 0 Å². The first-order valence-electron chi connectivity index (χ1n) is 4.18. The molecule has 0 unspecified atom stereocenters. The van der Waals surface area contributed by atoms with Gasteiger partial charge in [0, 0.05) is 0 Å². The standard InChI is InChI=1S/C11H10N2O/c1-8-9(5-6-12)3-4-11(14-2)10(8)7-13/h3-4H,5H2,1-2H3. The first-order chi connectivity index (χ1) is 6.74. The van der Waals surface area contributed by atoms with Gasteiger partial charge in [0.15, 0.2) is 0 Å². The maximum absolute atomic E-state index is 8.91. The summed E-state index contributed by atoms with van der Waals surface area (Å²) in [7, 11) is 1.53. The molecule has 0 radical (unpaired) electrons. The van der Waals surface area contributed by atoms with Crippen molar-refractivity contribution in [3.63, 3.8) is 0 Å². The molecule has 0 aromatic heterocycles. The number of rotatable bonds is 2. The van der Waals surface area contributed by atoms with E-state index in [1.54, 1.807) is 6.07 Å². The summed E-state index contributed by atoms with van der Waals surface area (Å²) in [6.07, 6.45) is 0.324. The molecule has 0 saturated carbocycles. The van der Waals surface area contributed by atoms with E-state index in [0.717, 1.165) is 11.1 Å². The zero-order chi connectivity index (χ0) is 10.6. The van der Waals surface area contributed by atoms with Crippen molar-refractivity contribution in [3.8, 4) is 17.9 Å². The van der Waals surface area contributed by atoms with Crippen LogP contribution in [0.1, 0.15) is 16.7 Å². The zero-order valence-electron chi connectivity index (χ0n) is 8.16. The molecular weight excluding hydrogens is 176 g/mol. The fourth-order valence-electron chi connectivity index (χ4n) is 1.32. The summed E-state index contributed by atoms with van der Waals surface area (Å²) in [4.78, 5) is 0. The highest BCUT2D eigenvalue weighted by Crippen LogP contribution is 2.24. The highest BCUT2D eigenvalue weighted by atomic mass is 16.5. The fraction of sp³-hybridized carbons (Fsp3) is 0.273. The molecular formula is C11H10N2O. The Morgan fingerprint density at radius 2 is 2.07 bits per heavy atom. The second-order valence-corrected chi connectivity index (χ2v) is 2.87. The molecule has 0 heterocycles. The Hall–Kier alpha value is -2.00. The Kier molecular flexibility index (Phi) is 3.09. The van der Waals surface area contributed by atoms with E-state index in [2.05, 4.69) is 12.1 Å². The van der Waals surface area contributed by atoms with Gasteiger partial charge in [0.2, 0.25) is 0 Å². The molecule has 1 aromatic carbocycles. The number of methoxy groups -OCH3 is 1. The third kappa shape index (κ3) is 1.67. The fourth-order valence-corrected chi connectivity index (χ4v) is 1.32. The average molecular weight is 186 g/mol. The van der Waals surface area contributed by atoms with E-state index in [-0.39, 0.29) is 0 Å². The molecule has 0 spiro atoms. The smallest absolute Gasteiger partial charge is 0.136 e. The van der Waals surface area contributed by atoms with Crippen molar-refractivity contribution in [2.45, 2.75) is 13.3 Å². The van der Waals surface area contributed by atoms with Crippen molar-refractivity contribution in [1.82, 2.24) is 0 Å². The molecule has 0 aliphatic rings. The van der Waals surface area contributed by atoms with E-state index < -0.39 is 0 Å². The number of hydrogen-bond donors (Lipinski definition) is 0. The van der Waals surface area contributed by atoms with Crippen molar-refractivity contribution in [2.75, 3.05) is 7.11 Å². The normalized spacial score (nSPS) is 8.86. The molecule has 0 aliphatic carbocycles. The summed E-state index contributed by atoms with van der Waals surface area (Å²) in [6.45, 7) is 1.83. The molecule has 3 nitrogen and oxygen atoms in total. The Bertz CT molecular complexity index is 424. The number of ether oxygens (including phenoxy) is 1. The predicted molar refractivity (Wildman–Crippen MR) is 51.8 cm³/mol. The van der Waals surface area contributed by atoms with E-state index in [9.17, 15) is 0 Å². The van der Waals surface area contributed by atoms with E-state index in [1.807, 2.05) is 13.0 Å². The van der Waals surface area contributed by atoms with Crippen LogP contribution in [0.4, 0.5) is 0 Å². The lowest BCUT2D eigenvalue weighted by Crippen LogP contribution is -1.95. The van der Waals surface area contributed by atoms with Crippen LogP contribution in [0.3, 0.4) is 0 Å². The third-order valence-corrected chi connectivity index (χ3v) is 2.14. The Morgan fingerprint density at radius 3 is 2.57 bits per heavy atom. The van der Waals surface area contributed by atoms with E-state index in [4.69, 9.17) is 15.3 Å². The minimum absolute atomic E-state index is 0.324. The van der Waals surface area contributed by atoms with Gasteiger partial charge in [0.25, 0.3) is 0 Å². The van der Waals surface area contributed by atoms with Crippen LogP contribution in [-0.2, 0) is 6.42 Å². The van der Waals surface area contributed by atoms with Crippen molar-refractivity contribution >= 4 is 0 Å². The van der Waals surface area contributed by atoms with Crippen LogP contribution in [0.2, 0.25) is 0 Å². The maximum Gasteiger partial charge on any atom is 0.136 e. The van der Waals surface area contributed by atoms with Crippen molar-refractivity contribution in [1.29, 1.82) is 10.5 Å². The minimum Gasteiger partial charge on any atom is -0.495 e. The van der Waals surface area contributed by atoms with Gasteiger partial charge in [-0.1, -0.05) is 6.07 Å². The Morgan fingerprint density at radius 1 is 1.36 bits per heavy atom. The van der Waals surface area contributed by atoms with Gasteiger partial charge in [0.05, 0.1) is 25.2 Å². The number of nitrogens with zero attached hydrogens (tertiary/aromatic N) is 2. The lowest BCUT2D eigenvalue weighted by atomic mass is 10.0. The van der Waals surface area contributed by atoms with Crippen LogP contribution in [-0.4, -0.2) is 7.11 Å². The summed E-state index contributed by atoms with van der Waals surface area (Å²) in [5.74, 6) is 0.562. The summed E-state index contributed by atoms with van der Waals surface area (Å²) < 4.78 is 5.04. The largest absolute Gasteiger partial charge is 0.495 e. The maximum atomic E-state index is 8.91. The van der Waals surface area contributed by atoms with E-state index >= 15 is 0 Å². The van der Waals surface area contributed by atoms with Gasteiger partial charge < -0.3 is 4.74 Å². The highest BCUT2D eigenvalue weighted by molar-refractivity contribution is 5.52. The van der Waals surface area contributed by atoms with Gasteiger partial charge in [-0.05, 0) is 24.1 Å². The van der Waals surface area contributed by atoms with Gasteiger partial charge >= 0.3 is 0 Å². The van der Waals surface area contributed by atoms with Crippen molar-refractivity contribution in [2.24, 2.45) is 0 Å². The Balaban J connectivity index is 3.31. The van der Waals surface area contributed by atoms with Crippen molar-refractivity contribution < 1.29 is 4.74 Å². The van der Waals surface area contributed by atoms with Crippen LogP contribution in [0, 0.1) is 29.6 Å². The second-order valence-electron chi connectivity index (χ2n) is 2.87. The molecule has 14 heavy (non-hydrogen) atoms. The molecule has 0 aliphatic heterocycles. The van der Waals surface area contributed by atoms with Gasteiger partial charge in [0.1, 0.15) is 11.8 Å². The second kappa shape index (κ2) is 4.30. The zero-order valence-corrected chi connectivity index (χ0v) is 8.16. The molecule has 0 atom stereocenters. The Labute approximate surface area is 83.2 Å². The molecule has 0 saturated heterocycles. The van der Waals surface area contributed by atoms with Gasteiger partial charge in [-0.15, -0.1) is 0 Å². The monoisotopic (exact) mass is 186 g/mol. The summed E-state index contributed by atoms with van der Waals surface area (Å²) in [5.41, 5.74) is 2.22. The van der Waals surface area contributed by atoms with Crippen molar-refractivity contribution in [3.05, 3.63) is 28.8 Å². The molecule has 0 bridgehead atoms. The molecule has 0 amide bonds. The topological polar surface area (TPSA) is 56.8 Å². The highest BCUT2D eigenvalue weighted by Gasteiger charge is 2.09. The molecule has 0 N–H and O–H groups in total. The summed E-state index contributed by atoms with van der Waals surface area (Å²) in [5, 5.41) is 17.5. The molecule has 3 heteroatoms. The van der Waals surface area contributed by atoms with E-state index in [0.29, 0.717) is 17.7 Å². The molecule has 70 valence electrons. The lowest BCUT2D eigenvalue weighted by molar-refractivity contribution is 0.413. The average Bonchev–Trinajstić information content (AvgIpc) is 2.21. The number of hydrogen-bond acceptors (Lipinski definition) is 3.